The predicted octanol–water partition coefficient (Wildman–Crippen LogP) is 2.18. The van der Waals surface area contributed by atoms with Gasteiger partial charge in [-0.2, -0.15) is 0 Å². The van der Waals surface area contributed by atoms with Gasteiger partial charge in [-0.1, -0.05) is 0 Å². The maximum absolute atomic E-state index is 12.8. The predicted molar refractivity (Wildman–Crippen MR) is 37.2 cm³/mol. The van der Waals surface area contributed by atoms with Crippen LogP contribution in [0.25, 0.3) is 0 Å². The van der Waals surface area contributed by atoms with Crippen LogP contribution in [0.3, 0.4) is 0 Å². The molecule has 0 amide bonds. The number of nitrogens with zero attached hydrogens (tertiary/aromatic N) is 1. The molecule has 3 nitrogen and oxygen atoms in total. The van der Waals surface area contributed by atoms with Crippen LogP contribution in [0.15, 0.2) is 17.3 Å². The Morgan fingerprint density at radius 3 is 2.50 bits per heavy atom. The maximum atomic E-state index is 12.8. The monoisotopic (exact) mass is 171 g/mol. The number of aldehydes is 1. The Bertz CT molecular complexity index is 338. The van der Waals surface area contributed by atoms with Gasteiger partial charge in [-0.05, 0) is 17.3 Å². The molecule has 0 bridgehead atoms. The van der Waals surface area contributed by atoms with Gasteiger partial charge in [0.15, 0.2) is 12.1 Å². The lowest BCUT2D eigenvalue weighted by atomic mass is 10.2. The summed E-state index contributed by atoms with van der Waals surface area (Å²) in [5, 5.41) is 2.27. The van der Waals surface area contributed by atoms with Crippen LogP contribution in [0.2, 0.25) is 0 Å². The number of carbonyl (C=O) groups excluding carboxylic acids is 1. The second kappa shape index (κ2) is 3.17. The average Bonchev–Trinajstić information content (AvgIpc) is 2.06. The van der Waals surface area contributed by atoms with Crippen molar-refractivity contribution in [3.05, 3.63) is 34.2 Å². The average molecular weight is 171 g/mol. The van der Waals surface area contributed by atoms with E-state index in [9.17, 15) is 18.5 Å². The van der Waals surface area contributed by atoms with Crippen molar-refractivity contribution in [2.45, 2.75) is 0 Å². The molecule has 1 rings (SSSR count). The summed E-state index contributed by atoms with van der Waals surface area (Å²) in [4.78, 5) is 20.0. The first-order valence-corrected chi connectivity index (χ1v) is 2.97. The lowest BCUT2D eigenvalue weighted by Gasteiger charge is -1.96. The van der Waals surface area contributed by atoms with Crippen molar-refractivity contribution >= 4 is 12.0 Å². The summed E-state index contributed by atoms with van der Waals surface area (Å²) in [6, 6.07) is 1.67. The summed E-state index contributed by atoms with van der Waals surface area (Å²) in [6.07, 6.45) is -0.000648. The van der Waals surface area contributed by atoms with Crippen molar-refractivity contribution in [2.75, 3.05) is 0 Å². The molecule has 1 aromatic rings. The van der Waals surface area contributed by atoms with Gasteiger partial charge in [-0.15, -0.1) is 4.91 Å². The number of carbonyl (C=O) groups is 1. The van der Waals surface area contributed by atoms with Gasteiger partial charge in [0.2, 0.25) is 0 Å². The van der Waals surface area contributed by atoms with Crippen molar-refractivity contribution in [3.63, 3.8) is 0 Å². The van der Waals surface area contributed by atoms with Gasteiger partial charge in [0.1, 0.15) is 11.5 Å². The van der Waals surface area contributed by atoms with Crippen molar-refractivity contribution in [2.24, 2.45) is 5.18 Å². The molecule has 0 fully saturated rings. The molecule has 0 N–H and O–H groups in total. The van der Waals surface area contributed by atoms with Crippen molar-refractivity contribution in [1.82, 2.24) is 0 Å². The molecular weight excluding hydrogens is 168 g/mol. The molecule has 0 spiro atoms. The number of rotatable bonds is 2. The van der Waals surface area contributed by atoms with E-state index in [0.29, 0.717) is 0 Å². The van der Waals surface area contributed by atoms with Gasteiger partial charge in [0.25, 0.3) is 0 Å². The highest BCUT2D eigenvalue weighted by Crippen LogP contribution is 2.21. The molecule has 0 unspecified atom stereocenters. The number of hydrogen-bond acceptors (Lipinski definition) is 3. The number of hydrogen-bond donors (Lipinski definition) is 0. The Balaban J connectivity index is 3.43. The molecule has 62 valence electrons. The molecule has 0 aromatic heterocycles. The van der Waals surface area contributed by atoms with Crippen LogP contribution in [-0.4, -0.2) is 6.29 Å². The molecule has 0 saturated heterocycles. The van der Waals surface area contributed by atoms with Crippen molar-refractivity contribution in [3.8, 4) is 0 Å². The van der Waals surface area contributed by atoms with Crippen LogP contribution >= 0.6 is 0 Å². The highest BCUT2D eigenvalue weighted by molar-refractivity contribution is 5.77. The third-order valence-electron chi connectivity index (χ3n) is 1.32. The lowest BCUT2D eigenvalue weighted by molar-refractivity contribution is 0.111. The van der Waals surface area contributed by atoms with E-state index in [1.165, 1.54) is 0 Å². The third-order valence-corrected chi connectivity index (χ3v) is 1.32. The highest BCUT2D eigenvalue weighted by Gasteiger charge is 2.12. The molecule has 0 heterocycles. The second-order valence-electron chi connectivity index (χ2n) is 2.00. The van der Waals surface area contributed by atoms with E-state index in [2.05, 4.69) is 5.18 Å². The molecule has 0 atom stereocenters. The summed E-state index contributed by atoms with van der Waals surface area (Å²) in [5.74, 6) is -2.23. The SMILES string of the molecule is O=Cc1c(F)ccc(N=O)c1F. The van der Waals surface area contributed by atoms with Crippen LogP contribution < -0.4 is 0 Å². The van der Waals surface area contributed by atoms with Gasteiger partial charge in [0, 0.05) is 0 Å². The fourth-order valence-corrected chi connectivity index (χ4v) is 0.736. The van der Waals surface area contributed by atoms with Crippen molar-refractivity contribution in [1.29, 1.82) is 0 Å². The van der Waals surface area contributed by atoms with Crippen molar-refractivity contribution < 1.29 is 13.6 Å². The third kappa shape index (κ3) is 1.20. The van der Waals surface area contributed by atoms with Crippen LogP contribution in [0.4, 0.5) is 14.5 Å². The number of benzene rings is 1. The first-order valence-electron chi connectivity index (χ1n) is 2.97. The topological polar surface area (TPSA) is 46.5 Å². The van der Waals surface area contributed by atoms with Gasteiger partial charge in [0.05, 0.1) is 5.56 Å². The van der Waals surface area contributed by atoms with E-state index in [4.69, 9.17) is 0 Å². The Morgan fingerprint density at radius 1 is 1.33 bits per heavy atom. The molecule has 0 aliphatic carbocycles. The minimum atomic E-state index is -1.22. The normalized spacial score (nSPS) is 9.50. The number of halogens is 2. The smallest absolute Gasteiger partial charge is 0.165 e. The quantitative estimate of drug-likeness (QED) is 0.505. The Hall–Kier alpha value is -1.65. The van der Waals surface area contributed by atoms with Crippen LogP contribution in [0.5, 0.6) is 0 Å². The fourth-order valence-electron chi connectivity index (χ4n) is 0.736. The standard InChI is InChI=1S/C7H3F2NO2/c8-5-1-2-6(10-12)7(9)4(5)3-11/h1-3H. The Labute approximate surface area is 66.0 Å². The van der Waals surface area contributed by atoms with E-state index < -0.39 is 22.9 Å². The molecule has 5 heteroatoms. The molecule has 12 heavy (non-hydrogen) atoms. The largest absolute Gasteiger partial charge is 0.298 e. The van der Waals surface area contributed by atoms with E-state index in [1.54, 1.807) is 0 Å². The van der Waals surface area contributed by atoms with Gasteiger partial charge in [-0.25, -0.2) is 8.78 Å². The summed E-state index contributed by atoms with van der Waals surface area (Å²) in [6.45, 7) is 0. The fraction of sp³-hybridized carbons (Fsp3) is 0. The lowest BCUT2D eigenvalue weighted by Crippen LogP contribution is -1.92. The minimum absolute atomic E-state index is 0.000648. The summed E-state index contributed by atoms with van der Waals surface area (Å²) < 4.78 is 25.3. The zero-order valence-corrected chi connectivity index (χ0v) is 5.75. The molecule has 0 radical (unpaired) electrons. The summed E-state index contributed by atoms with van der Waals surface area (Å²) >= 11 is 0. The highest BCUT2D eigenvalue weighted by atomic mass is 19.1. The molecule has 0 saturated carbocycles. The van der Waals surface area contributed by atoms with Gasteiger partial charge < -0.3 is 0 Å². The van der Waals surface area contributed by atoms with Gasteiger partial charge >= 0.3 is 0 Å². The summed E-state index contributed by atoms with van der Waals surface area (Å²) in [5.41, 5.74) is -1.34. The molecule has 0 aliphatic heterocycles. The van der Waals surface area contributed by atoms with E-state index >= 15 is 0 Å². The molecule has 1 aromatic carbocycles. The van der Waals surface area contributed by atoms with Crippen LogP contribution in [-0.2, 0) is 0 Å². The number of nitroso groups, excluding NO2 is 1. The second-order valence-corrected chi connectivity index (χ2v) is 2.00. The van der Waals surface area contributed by atoms with E-state index in [1.807, 2.05) is 0 Å². The molecule has 0 aliphatic rings. The molecular formula is C7H3F2NO2. The van der Waals surface area contributed by atoms with Gasteiger partial charge in [-0.3, -0.25) is 4.79 Å². The summed E-state index contributed by atoms with van der Waals surface area (Å²) in [7, 11) is 0. The Morgan fingerprint density at radius 2 is 2.00 bits per heavy atom. The van der Waals surface area contributed by atoms with E-state index in [-0.39, 0.29) is 6.29 Å². The Kier molecular flexibility index (Phi) is 2.23. The zero-order chi connectivity index (χ0) is 9.14. The van der Waals surface area contributed by atoms with Crippen LogP contribution in [0.1, 0.15) is 10.4 Å². The minimum Gasteiger partial charge on any atom is -0.298 e. The van der Waals surface area contributed by atoms with Crippen LogP contribution in [0, 0.1) is 16.5 Å². The van der Waals surface area contributed by atoms with E-state index in [0.717, 1.165) is 12.1 Å². The first kappa shape index (κ1) is 8.45. The maximum Gasteiger partial charge on any atom is 0.165 e. The first-order chi connectivity index (χ1) is 5.70. The zero-order valence-electron chi connectivity index (χ0n) is 5.75.